The number of hydrogen-bond donors (Lipinski definition) is 1. The second kappa shape index (κ2) is 4.02. The van der Waals surface area contributed by atoms with Gasteiger partial charge in [-0.2, -0.15) is 0 Å². The summed E-state index contributed by atoms with van der Waals surface area (Å²) in [6.45, 7) is 0.342. The van der Waals surface area contributed by atoms with Crippen LogP contribution in [-0.4, -0.2) is 14.5 Å². The largest absolute Gasteiger partial charge is 0.369 e. The normalized spacial score (nSPS) is 11.2. The minimum atomic E-state index is -0.714. The summed E-state index contributed by atoms with van der Waals surface area (Å²) in [6.07, 6.45) is 0. The lowest BCUT2D eigenvalue weighted by Crippen LogP contribution is -2.04. The summed E-state index contributed by atoms with van der Waals surface area (Å²) >= 11 is 1.45. The molecule has 0 fully saturated rings. The highest BCUT2D eigenvalue weighted by molar-refractivity contribution is 7.07. The third-order valence-corrected chi connectivity index (χ3v) is 3.24. The molecule has 2 N–H and O–H groups in total. The highest BCUT2D eigenvalue weighted by Gasteiger charge is 2.14. The molecule has 0 saturated heterocycles. The van der Waals surface area contributed by atoms with Crippen LogP contribution in [0.4, 0.5) is 14.7 Å². The Hall–Kier alpha value is -2.02. The molecule has 2 aromatic heterocycles. The number of anilines is 1. The van der Waals surface area contributed by atoms with Crippen molar-refractivity contribution in [2.75, 3.05) is 5.73 Å². The molecule has 18 heavy (non-hydrogen) atoms. The molecule has 0 spiro atoms. The predicted octanol–water partition coefficient (Wildman–Crippen LogP) is 2.40. The van der Waals surface area contributed by atoms with E-state index >= 15 is 0 Å². The highest BCUT2D eigenvalue weighted by Crippen LogP contribution is 2.23. The lowest BCUT2D eigenvalue weighted by atomic mass is 10.3. The van der Waals surface area contributed by atoms with Gasteiger partial charge in [0.2, 0.25) is 5.95 Å². The third-order valence-electron chi connectivity index (χ3n) is 2.61. The fourth-order valence-corrected chi connectivity index (χ4v) is 2.36. The average molecular weight is 266 g/mol. The Morgan fingerprint density at radius 3 is 2.89 bits per heavy atom. The van der Waals surface area contributed by atoms with E-state index in [9.17, 15) is 8.78 Å². The van der Waals surface area contributed by atoms with Gasteiger partial charge in [0, 0.05) is 17.5 Å². The number of halogens is 2. The van der Waals surface area contributed by atoms with Crippen LogP contribution in [0.25, 0.3) is 11.0 Å². The smallest absolute Gasteiger partial charge is 0.201 e. The van der Waals surface area contributed by atoms with E-state index in [1.807, 2.05) is 5.38 Å². The van der Waals surface area contributed by atoms with Crippen molar-refractivity contribution in [2.45, 2.75) is 6.54 Å². The number of fused-ring (bicyclic) bond motifs is 1. The molecule has 0 unspecified atom stereocenters. The summed E-state index contributed by atoms with van der Waals surface area (Å²) in [6, 6.07) is 2.01. The Bertz CT molecular complexity index is 705. The molecule has 0 saturated carbocycles. The van der Waals surface area contributed by atoms with Crippen LogP contribution in [-0.2, 0) is 6.54 Å². The zero-order valence-corrected chi connectivity index (χ0v) is 9.92. The monoisotopic (exact) mass is 266 g/mol. The van der Waals surface area contributed by atoms with E-state index in [0.717, 1.165) is 11.8 Å². The van der Waals surface area contributed by atoms with Crippen LogP contribution in [0.3, 0.4) is 0 Å². The first-order valence-corrected chi connectivity index (χ1v) is 6.07. The van der Waals surface area contributed by atoms with Crippen LogP contribution in [0.5, 0.6) is 0 Å². The van der Waals surface area contributed by atoms with Gasteiger partial charge in [-0.3, -0.25) is 0 Å². The number of aromatic nitrogens is 3. The number of imidazole rings is 1. The SMILES string of the molecule is Nc1nc2c(F)cc(F)cc2n1Cc1cscn1. The highest BCUT2D eigenvalue weighted by atomic mass is 32.1. The Labute approximate surface area is 105 Å². The van der Waals surface area contributed by atoms with Crippen molar-refractivity contribution in [3.05, 3.63) is 40.4 Å². The minimum absolute atomic E-state index is 0.0733. The lowest BCUT2D eigenvalue weighted by Gasteiger charge is -2.03. The zero-order chi connectivity index (χ0) is 12.7. The molecular weight excluding hydrogens is 258 g/mol. The molecule has 4 nitrogen and oxygen atoms in total. The van der Waals surface area contributed by atoms with Crippen molar-refractivity contribution in [1.82, 2.24) is 14.5 Å². The molecule has 0 aliphatic carbocycles. The Kier molecular flexibility index (Phi) is 2.48. The van der Waals surface area contributed by atoms with Crippen molar-refractivity contribution in [1.29, 1.82) is 0 Å². The van der Waals surface area contributed by atoms with Gasteiger partial charge in [0.05, 0.1) is 23.3 Å². The Morgan fingerprint density at radius 2 is 2.17 bits per heavy atom. The van der Waals surface area contributed by atoms with Crippen LogP contribution < -0.4 is 5.73 Å². The van der Waals surface area contributed by atoms with Crippen molar-refractivity contribution in [3.63, 3.8) is 0 Å². The summed E-state index contributed by atoms with van der Waals surface area (Å²) in [5, 5.41) is 1.85. The first kappa shape index (κ1) is 11.1. The van der Waals surface area contributed by atoms with Crippen LogP contribution in [0.15, 0.2) is 23.0 Å². The number of thiazole rings is 1. The van der Waals surface area contributed by atoms with E-state index in [-0.39, 0.29) is 11.5 Å². The molecular formula is C11H8F2N4S. The maximum absolute atomic E-state index is 13.5. The molecule has 3 aromatic rings. The van der Waals surface area contributed by atoms with Crippen molar-refractivity contribution in [3.8, 4) is 0 Å². The number of nitrogens with two attached hydrogens (primary N) is 1. The van der Waals surface area contributed by atoms with E-state index < -0.39 is 11.6 Å². The predicted molar refractivity (Wildman–Crippen MR) is 65.3 cm³/mol. The molecule has 0 amide bonds. The molecule has 2 heterocycles. The van der Waals surface area contributed by atoms with Gasteiger partial charge >= 0.3 is 0 Å². The van der Waals surface area contributed by atoms with Crippen molar-refractivity contribution < 1.29 is 8.78 Å². The van der Waals surface area contributed by atoms with E-state index in [2.05, 4.69) is 9.97 Å². The maximum atomic E-state index is 13.5. The topological polar surface area (TPSA) is 56.7 Å². The first-order chi connectivity index (χ1) is 8.65. The second-order valence-electron chi connectivity index (χ2n) is 3.79. The Morgan fingerprint density at radius 1 is 1.33 bits per heavy atom. The number of rotatable bonds is 2. The number of nitrogen functional groups attached to an aromatic ring is 1. The maximum Gasteiger partial charge on any atom is 0.201 e. The standard InChI is InChI=1S/C11H8F2N4S/c12-6-1-8(13)10-9(2-6)17(11(14)16-10)3-7-4-18-5-15-7/h1-2,4-5H,3H2,(H2,14,16). The minimum Gasteiger partial charge on any atom is -0.369 e. The molecule has 0 aliphatic rings. The summed E-state index contributed by atoms with van der Waals surface area (Å²) in [5.41, 5.74) is 8.59. The Balaban J connectivity index is 2.19. The molecule has 3 rings (SSSR count). The van der Waals surface area contributed by atoms with E-state index in [4.69, 9.17) is 5.73 Å². The van der Waals surface area contributed by atoms with Crippen LogP contribution in [0.1, 0.15) is 5.69 Å². The van der Waals surface area contributed by atoms with Crippen molar-refractivity contribution in [2.24, 2.45) is 0 Å². The summed E-state index contributed by atoms with van der Waals surface area (Å²) in [4.78, 5) is 8.02. The average Bonchev–Trinajstić information content (AvgIpc) is 2.91. The zero-order valence-electron chi connectivity index (χ0n) is 9.10. The van der Waals surface area contributed by atoms with Gasteiger partial charge in [0.15, 0.2) is 5.82 Å². The fourth-order valence-electron chi connectivity index (χ4n) is 1.81. The van der Waals surface area contributed by atoms with Crippen molar-refractivity contribution >= 4 is 28.3 Å². The summed E-state index contributed by atoms with van der Waals surface area (Å²) in [5.74, 6) is -1.23. The number of hydrogen-bond acceptors (Lipinski definition) is 4. The second-order valence-corrected chi connectivity index (χ2v) is 4.51. The summed E-state index contributed by atoms with van der Waals surface area (Å²) < 4.78 is 28.3. The number of nitrogens with zero attached hydrogens (tertiary/aromatic N) is 3. The fraction of sp³-hybridized carbons (Fsp3) is 0.0909. The van der Waals surface area contributed by atoms with Crippen LogP contribution in [0, 0.1) is 11.6 Å². The van der Waals surface area contributed by atoms with Gasteiger partial charge in [-0.05, 0) is 0 Å². The van der Waals surface area contributed by atoms with Gasteiger partial charge in [-0.1, -0.05) is 0 Å². The lowest BCUT2D eigenvalue weighted by molar-refractivity contribution is 0.590. The molecule has 0 bridgehead atoms. The molecule has 92 valence electrons. The van der Waals surface area contributed by atoms with Gasteiger partial charge < -0.3 is 10.3 Å². The molecule has 7 heteroatoms. The van der Waals surface area contributed by atoms with Gasteiger partial charge in [0.25, 0.3) is 0 Å². The quantitative estimate of drug-likeness (QED) is 0.775. The van der Waals surface area contributed by atoms with Gasteiger partial charge in [-0.25, -0.2) is 18.7 Å². The van der Waals surface area contributed by atoms with Crippen LogP contribution in [0.2, 0.25) is 0 Å². The molecule has 0 aliphatic heterocycles. The van der Waals surface area contributed by atoms with E-state index in [1.54, 1.807) is 5.51 Å². The third kappa shape index (κ3) is 1.72. The van der Waals surface area contributed by atoms with E-state index in [0.29, 0.717) is 12.1 Å². The van der Waals surface area contributed by atoms with Gasteiger partial charge in [0.1, 0.15) is 11.3 Å². The molecule has 0 atom stereocenters. The van der Waals surface area contributed by atoms with Crippen LogP contribution >= 0.6 is 11.3 Å². The van der Waals surface area contributed by atoms with Gasteiger partial charge in [-0.15, -0.1) is 11.3 Å². The number of benzene rings is 1. The molecule has 0 radical (unpaired) electrons. The molecule has 1 aromatic carbocycles. The first-order valence-electron chi connectivity index (χ1n) is 5.13. The summed E-state index contributed by atoms with van der Waals surface area (Å²) in [7, 11) is 0. The van der Waals surface area contributed by atoms with E-state index in [1.165, 1.54) is 22.0 Å².